The first kappa shape index (κ1) is 11.5. The summed E-state index contributed by atoms with van der Waals surface area (Å²) in [6.07, 6.45) is 2.97. The molecule has 0 radical (unpaired) electrons. The number of oxazole rings is 1. The molecule has 1 aliphatic rings. The summed E-state index contributed by atoms with van der Waals surface area (Å²) in [7, 11) is 0. The van der Waals surface area contributed by atoms with E-state index in [2.05, 4.69) is 11.9 Å². The maximum Gasteiger partial charge on any atom is 0.417 e. The molecular weight excluding hydrogens is 230 g/mol. The second-order valence-corrected chi connectivity index (χ2v) is 5.29. The van der Waals surface area contributed by atoms with Gasteiger partial charge in [-0.2, -0.15) is 0 Å². The second kappa shape index (κ2) is 4.28. The summed E-state index contributed by atoms with van der Waals surface area (Å²) in [5.41, 5.74) is 2.03. The van der Waals surface area contributed by atoms with Gasteiger partial charge in [0.25, 0.3) is 0 Å². The number of nitrogens with one attached hydrogen (secondary N) is 1. The molecule has 2 aromatic rings. The highest BCUT2D eigenvalue weighted by molar-refractivity contribution is 5.72. The maximum absolute atomic E-state index is 11.1. The Morgan fingerprint density at radius 3 is 3.00 bits per heavy atom. The minimum absolute atomic E-state index is 0.313. The summed E-state index contributed by atoms with van der Waals surface area (Å²) in [6.45, 7) is 2.19. The predicted molar refractivity (Wildman–Crippen MR) is 68.3 cm³/mol. The molecule has 1 aromatic carbocycles. The van der Waals surface area contributed by atoms with Crippen LogP contribution in [0.2, 0.25) is 0 Å². The van der Waals surface area contributed by atoms with Crippen LogP contribution >= 0.6 is 0 Å². The lowest BCUT2D eigenvalue weighted by atomic mass is 9.88. The molecule has 4 nitrogen and oxygen atoms in total. The van der Waals surface area contributed by atoms with Crippen LogP contribution in [0, 0.1) is 11.8 Å². The third kappa shape index (κ3) is 1.86. The van der Waals surface area contributed by atoms with Gasteiger partial charge >= 0.3 is 5.76 Å². The minimum atomic E-state index is -0.466. The Kier molecular flexibility index (Phi) is 2.74. The largest absolute Gasteiger partial charge is 0.417 e. The van der Waals surface area contributed by atoms with E-state index in [0.717, 1.165) is 12.0 Å². The third-order valence-corrected chi connectivity index (χ3v) is 4.12. The fourth-order valence-corrected chi connectivity index (χ4v) is 3.04. The van der Waals surface area contributed by atoms with Crippen LogP contribution in [0.15, 0.2) is 27.4 Å². The van der Waals surface area contributed by atoms with Gasteiger partial charge in [-0.3, -0.25) is 4.98 Å². The molecule has 0 aliphatic heterocycles. The minimum Gasteiger partial charge on any atom is -0.408 e. The van der Waals surface area contributed by atoms with Crippen LogP contribution in [-0.4, -0.2) is 10.1 Å². The van der Waals surface area contributed by atoms with Crippen molar-refractivity contribution in [2.45, 2.75) is 32.3 Å². The molecule has 96 valence electrons. The van der Waals surface area contributed by atoms with Crippen LogP contribution in [-0.2, 0) is 0 Å². The SMILES string of the molecule is CC1CCCC1C(O)c1ccc2[nH]c(=O)oc2c1. The fraction of sp³-hybridized carbons (Fsp3) is 0.500. The summed E-state index contributed by atoms with van der Waals surface area (Å²) in [4.78, 5) is 13.7. The normalized spacial score (nSPS) is 25.7. The Morgan fingerprint density at radius 2 is 2.28 bits per heavy atom. The highest BCUT2D eigenvalue weighted by Crippen LogP contribution is 2.40. The molecule has 18 heavy (non-hydrogen) atoms. The van der Waals surface area contributed by atoms with Crippen LogP contribution in [0.5, 0.6) is 0 Å². The molecule has 0 spiro atoms. The van der Waals surface area contributed by atoms with E-state index in [1.54, 1.807) is 12.1 Å². The molecule has 4 heteroatoms. The first-order valence-corrected chi connectivity index (χ1v) is 6.46. The van der Waals surface area contributed by atoms with Crippen molar-refractivity contribution in [2.75, 3.05) is 0 Å². The number of hydrogen-bond acceptors (Lipinski definition) is 3. The fourth-order valence-electron chi connectivity index (χ4n) is 3.04. The molecule has 3 rings (SSSR count). The molecule has 3 atom stereocenters. The highest BCUT2D eigenvalue weighted by Gasteiger charge is 2.30. The number of hydrogen-bond donors (Lipinski definition) is 2. The van der Waals surface area contributed by atoms with Gasteiger partial charge in [0.1, 0.15) is 0 Å². The molecule has 1 heterocycles. The van der Waals surface area contributed by atoms with Gasteiger partial charge in [0, 0.05) is 0 Å². The van der Waals surface area contributed by atoms with E-state index in [-0.39, 0.29) is 0 Å². The van der Waals surface area contributed by atoms with E-state index >= 15 is 0 Å². The average molecular weight is 247 g/mol. The molecule has 1 fully saturated rings. The van der Waals surface area contributed by atoms with Gasteiger partial charge in [-0.25, -0.2) is 4.79 Å². The van der Waals surface area contributed by atoms with Crippen LogP contribution < -0.4 is 5.76 Å². The Labute approximate surface area is 105 Å². The van der Waals surface area contributed by atoms with E-state index in [1.807, 2.05) is 6.07 Å². The summed E-state index contributed by atoms with van der Waals surface area (Å²) >= 11 is 0. The van der Waals surface area contributed by atoms with Crippen LogP contribution in [0.25, 0.3) is 11.1 Å². The Hall–Kier alpha value is -1.55. The van der Waals surface area contributed by atoms with Crippen molar-refractivity contribution in [1.82, 2.24) is 4.98 Å². The number of rotatable bonds is 2. The van der Waals surface area contributed by atoms with Gasteiger partial charge < -0.3 is 9.52 Å². The molecule has 1 aliphatic carbocycles. The molecule has 1 aromatic heterocycles. The predicted octanol–water partition coefficient (Wildman–Crippen LogP) is 2.59. The molecule has 3 unspecified atom stereocenters. The molecular formula is C14H17NO3. The van der Waals surface area contributed by atoms with E-state index in [1.165, 1.54) is 12.8 Å². The number of H-pyrrole nitrogens is 1. The second-order valence-electron chi connectivity index (χ2n) is 5.29. The van der Waals surface area contributed by atoms with Crippen molar-refractivity contribution in [2.24, 2.45) is 11.8 Å². The van der Waals surface area contributed by atoms with Crippen molar-refractivity contribution >= 4 is 11.1 Å². The van der Waals surface area contributed by atoms with Gasteiger partial charge in [0.2, 0.25) is 0 Å². The van der Waals surface area contributed by atoms with Crippen molar-refractivity contribution in [3.05, 3.63) is 34.3 Å². The summed E-state index contributed by atoms with van der Waals surface area (Å²) in [6, 6.07) is 5.42. The lowest BCUT2D eigenvalue weighted by Gasteiger charge is -2.22. The van der Waals surface area contributed by atoms with E-state index in [9.17, 15) is 9.90 Å². The topological polar surface area (TPSA) is 66.2 Å². The number of fused-ring (bicyclic) bond motifs is 1. The quantitative estimate of drug-likeness (QED) is 0.857. The van der Waals surface area contributed by atoms with E-state index < -0.39 is 11.9 Å². The van der Waals surface area contributed by atoms with Gasteiger partial charge in [-0.15, -0.1) is 0 Å². The lowest BCUT2D eigenvalue weighted by molar-refractivity contribution is 0.0901. The lowest BCUT2D eigenvalue weighted by Crippen LogP contribution is -2.14. The van der Waals surface area contributed by atoms with Gasteiger partial charge in [0.05, 0.1) is 11.6 Å². The number of aliphatic hydroxyl groups excluding tert-OH is 1. The first-order chi connectivity index (χ1) is 8.65. The summed E-state index contributed by atoms with van der Waals surface area (Å²) < 4.78 is 5.03. The monoisotopic (exact) mass is 247 g/mol. The zero-order valence-corrected chi connectivity index (χ0v) is 10.3. The molecule has 2 N–H and O–H groups in total. The number of benzene rings is 1. The Morgan fingerprint density at radius 1 is 1.44 bits per heavy atom. The third-order valence-electron chi connectivity index (χ3n) is 4.12. The van der Waals surface area contributed by atoms with Gasteiger partial charge in [-0.05, 0) is 36.0 Å². The molecule has 0 bridgehead atoms. The highest BCUT2D eigenvalue weighted by atomic mass is 16.4. The molecule has 1 saturated carbocycles. The number of aliphatic hydroxyl groups is 1. The van der Waals surface area contributed by atoms with Crippen LogP contribution in [0.1, 0.15) is 37.9 Å². The molecule has 0 saturated heterocycles. The zero-order valence-electron chi connectivity index (χ0n) is 10.3. The van der Waals surface area contributed by atoms with Crippen molar-refractivity contribution in [3.8, 4) is 0 Å². The van der Waals surface area contributed by atoms with Crippen molar-refractivity contribution in [1.29, 1.82) is 0 Å². The summed E-state index contributed by atoms with van der Waals surface area (Å²) in [5, 5.41) is 10.4. The van der Waals surface area contributed by atoms with Crippen LogP contribution in [0.3, 0.4) is 0 Å². The number of aromatic nitrogens is 1. The van der Waals surface area contributed by atoms with Gasteiger partial charge in [-0.1, -0.05) is 25.8 Å². The smallest absolute Gasteiger partial charge is 0.408 e. The van der Waals surface area contributed by atoms with Gasteiger partial charge in [0.15, 0.2) is 5.58 Å². The Balaban J connectivity index is 1.95. The van der Waals surface area contributed by atoms with Crippen molar-refractivity contribution in [3.63, 3.8) is 0 Å². The zero-order chi connectivity index (χ0) is 12.7. The maximum atomic E-state index is 11.1. The Bertz CT molecular complexity index is 613. The summed E-state index contributed by atoms with van der Waals surface area (Å²) in [5.74, 6) is 0.410. The first-order valence-electron chi connectivity index (χ1n) is 6.46. The average Bonchev–Trinajstić information content (AvgIpc) is 2.91. The standard InChI is InChI=1S/C14H17NO3/c1-8-3-2-4-10(8)13(16)9-5-6-11-12(7-9)18-14(17)15-11/h5-8,10,13,16H,2-4H2,1H3,(H,15,17). The number of aromatic amines is 1. The van der Waals surface area contributed by atoms with Crippen molar-refractivity contribution < 1.29 is 9.52 Å². The van der Waals surface area contributed by atoms with Crippen LogP contribution in [0.4, 0.5) is 0 Å². The van der Waals surface area contributed by atoms with E-state index in [4.69, 9.17) is 4.42 Å². The van der Waals surface area contributed by atoms with E-state index in [0.29, 0.717) is 22.9 Å². The molecule has 0 amide bonds.